The third kappa shape index (κ3) is 5.22. The molecule has 2 aliphatic rings. The minimum atomic E-state index is -0.368. The highest BCUT2D eigenvalue weighted by atomic mass is 35.5. The number of halogens is 2. The Labute approximate surface area is 124 Å². The van der Waals surface area contributed by atoms with Gasteiger partial charge in [0.25, 0.3) is 0 Å². The molecule has 0 spiro atoms. The first-order valence-corrected chi connectivity index (χ1v) is 6.87. The highest BCUT2D eigenvalue weighted by Gasteiger charge is 2.33. The lowest BCUT2D eigenvalue weighted by molar-refractivity contribution is -0.0213. The first-order chi connectivity index (χ1) is 7.72. The lowest BCUT2D eigenvalue weighted by atomic mass is 9.80. The van der Waals surface area contributed by atoms with E-state index in [1.54, 1.807) is 0 Å². The molecular formula is C13H28Cl2N2O. The molecule has 2 heterocycles. The Hall–Kier alpha value is 0.460. The first kappa shape index (κ1) is 18.5. The normalized spacial score (nSPS) is 28.0. The Bertz CT molecular complexity index is 223. The van der Waals surface area contributed by atoms with E-state index in [1.165, 1.54) is 25.9 Å². The summed E-state index contributed by atoms with van der Waals surface area (Å²) in [7, 11) is 0. The zero-order chi connectivity index (χ0) is 11.4. The number of hydrogen-bond donors (Lipinski definition) is 2. The monoisotopic (exact) mass is 298 g/mol. The SMILES string of the molecule is CCN1CCCC(CC2(O)CCNCC2)C1.Cl.Cl. The molecule has 1 atom stereocenters. The largest absolute Gasteiger partial charge is 0.390 e. The summed E-state index contributed by atoms with van der Waals surface area (Å²) in [6.45, 7) is 7.83. The van der Waals surface area contributed by atoms with Crippen molar-refractivity contribution in [2.24, 2.45) is 5.92 Å². The molecule has 110 valence electrons. The Morgan fingerprint density at radius 1 is 1.28 bits per heavy atom. The number of piperidine rings is 2. The van der Waals surface area contributed by atoms with Crippen LogP contribution < -0.4 is 5.32 Å². The van der Waals surface area contributed by atoms with Gasteiger partial charge in [0.15, 0.2) is 0 Å². The van der Waals surface area contributed by atoms with Gasteiger partial charge in [0.2, 0.25) is 0 Å². The van der Waals surface area contributed by atoms with E-state index in [2.05, 4.69) is 17.1 Å². The molecule has 0 aromatic heterocycles. The van der Waals surface area contributed by atoms with Gasteiger partial charge >= 0.3 is 0 Å². The summed E-state index contributed by atoms with van der Waals surface area (Å²) in [6.07, 6.45) is 5.52. The van der Waals surface area contributed by atoms with Gasteiger partial charge in [-0.3, -0.25) is 0 Å². The molecule has 18 heavy (non-hydrogen) atoms. The molecule has 2 aliphatic heterocycles. The van der Waals surface area contributed by atoms with Gasteiger partial charge in [-0.25, -0.2) is 0 Å². The Balaban J connectivity index is 0.00000144. The number of nitrogens with zero attached hydrogens (tertiary/aromatic N) is 1. The highest BCUT2D eigenvalue weighted by molar-refractivity contribution is 5.85. The Morgan fingerprint density at radius 3 is 2.56 bits per heavy atom. The Morgan fingerprint density at radius 2 is 1.94 bits per heavy atom. The maximum absolute atomic E-state index is 10.5. The molecule has 0 aromatic rings. The van der Waals surface area contributed by atoms with E-state index in [0.717, 1.165) is 44.8 Å². The average molecular weight is 299 g/mol. The smallest absolute Gasteiger partial charge is 0.0675 e. The van der Waals surface area contributed by atoms with Gasteiger partial charge < -0.3 is 15.3 Å². The average Bonchev–Trinajstić information content (AvgIpc) is 2.29. The van der Waals surface area contributed by atoms with Crippen LogP contribution in [0.5, 0.6) is 0 Å². The predicted octanol–water partition coefficient (Wildman–Crippen LogP) is 2.07. The van der Waals surface area contributed by atoms with E-state index in [1.807, 2.05) is 0 Å². The molecule has 0 amide bonds. The van der Waals surface area contributed by atoms with Crippen molar-refractivity contribution in [1.82, 2.24) is 10.2 Å². The minimum Gasteiger partial charge on any atom is -0.390 e. The third-order valence-electron chi connectivity index (χ3n) is 4.25. The van der Waals surface area contributed by atoms with Crippen LogP contribution in [0.25, 0.3) is 0 Å². The number of rotatable bonds is 3. The first-order valence-electron chi connectivity index (χ1n) is 6.87. The number of aliphatic hydroxyl groups is 1. The minimum absolute atomic E-state index is 0. The van der Waals surface area contributed by atoms with Gasteiger partial charge in [0.1, 0.15) is 0 Å². The highest BCUT2D eigenvalue weighted by Crippen LogP contribution is 2.30. The van der Waals surface area contributed by atoms with Crippen LogP contribution in [0.2, 0.25) is 0 Å². The van der Waals surface area contributed by atoms with Crippen LogP contribution in [0.1, 0.15) is 39.0 Å². The molecular weight excluding hydrogens is 271 g/mol. The van der Waals surface area contributed by atoms with Crippen LogP contribution in [0.3, 0.4) is 0 Å². The molecule has 0 aliphatic carbocycles. The van der Waals surface area contributed by atoms with Gasteiger partial charge in [0.05, 0.1) is 5.60 Å². The van der Waals surface area contributed by atoms with Crippen molar-refractivity contribution in [3.63, 3.8) is 0 Å². The quantitative estimate of drug-likeness (QED) is 0.837. The molecule has 0 saturated carbocycles. The summed E-state index contributed by atoms with van der Waals surface area (Å²) in [5.74, 6) is 0.719. The van der Waals surface area contributed by atoms with Crippen molar-refractivity contribution in [3.05, 3.63) is 0 Å². The van der Waals surface area contributed by atoms with Gasteiger partial charge in [-0.1, -0.05) is 6.92 Å². The van der Waals surface area contributed by atoms with E-state index in [9.17, 15) is 5.11 Å². The lowest BCUT2D eigenvalue weighted by Gasteiger charge is -2.39. The van der Waals surface area contributed by atoms with Crippen LogP contribution in [-0.4, -0.2) is 48.3 Å². The maximum atomic E-state index is 10.5. The van der Waals surface area contributed by atoms with Crippen LogP contribution >= 0.6 is 24.8 Å². The summed E-state index contributed by atoms with van der Waals surface area (Å²) in [4.78, 5) is 2.53. The molecule has 2 rings (SSSR count). The summed E-state index contributed by atoms with van der Waals surface area (Å²) < 4.78 is 0. The van der Waals surface area contributed by atoms with Crippen molar-refractivity contribution < 1.29 is 5.11 Å². The van der Waals surface area contributed by atoms with Crippen LogP contribution in [0, 0.1) is 5.92 Å². The van der Waals surface area contributed by atoms with Gasteiger partial charge in [0, 0.05) is 6.54 Å². The van der Waals surface area contributed by atoms with Gasteiger partial charge in [-0.05, 0) is 64.2 Å². The summed E-state index contributed by atoms with van der Waals surface area (Å²) in [6, 6.07) is 0. The summed E-state index contributed by atoms with van der Waals surface area (Å²) >= 11 is 0. The maximum Gasteiger partial charge on any atom is 0.0675 e. The van der Waals surface area contributed by atoms with Crippen molar-refractivity contribution in [3.8, 4) is 0 Å². The van der Waals surface area contributed by atoms with Crippen molar-refractivity contribution in [2.75, 3.05) is 32.7 Å². The number of nitrogens with one attached hydrogen (secondary N) is 1. The molecule has 0 bridgehead atoms. The molecule has 5 heteroatoms. The molecule has 0 aromatic carbocycles. The second-order valence-corrected chi connectivity index (χ2v) is 5.58. The molecule has 1 unspecified atom stereocenters. The fraction of sp³-hybridized carbons (Fsp3) is 1.00. The molecule has 0 radical (unpaired) electrons. The number of likely N-dealkylation sites (tertiary alicyclic amines) is 1. The van der Waals surface area contributed by atoms with Crippen LogP contribution in [0.4, 0.5) is 0 Å². The lowest BCUT2D eigenvalue weighted by Crippen LogP contribution is -2.45. The molecule has 2 N–H and O–H groups in total. The van der Waals surface area contributed by atoms with Crippen molar-refractivity contribution in [2.45, 2.75) is 44.6 Å². The van der Waals surface area contributed by atoms with E-state index < -0.39 is 0 Å². The zero-order valence-corrected chi connectivity index (χ0v) is 13.0. The van der Waals surface area contributed by atoms with E-state index >= 15 is 0 Å². The predicted molar refractivity (Wildman–Crippen MR) is 81.0 cm³/mol. The van der Waals surface area contributed by atoms with Crippen LogP contribution in [0.15, 0.2) is 0 Å². The second-order valence-electron chi connectivity index (χ2n) is 5.58. The molecule has 2 fully saturated rings. The second kappa shape index (κ2) is 8.60. The summed E-state index contributed by atoms with van der Waals surface area (Å²) in [5.41, 5.74) is -0.368. The van der Waals surface area contributed by atoms with Crippen molar-refractivity contribution >= 4 is 24.8 Å². The standard InChI is InChI=1S/C13H26N2O.2ClH/c1-2-15-9-3-4-12(11-15)10-13(16)5-7-14-8-6-13;;/h12,14,16H,2-11H2,1H3;2*1H. The van der Waals surface area contributed by atoms with Gasteiger partial charge in [-0.2, -0.15) is 0 Å². The summed E-state index contributed by atoms with van der Waals surface area (Å²) in [5, 5.41) is 13.9. The number of hydrogen-bond acceptors (Lipinski definition) is 3. The fourth-order valence-electron chi connectivity index (χ4n) is 3.24. The van der Waals surface area contributed by atoms with Gasteiger partial charge in [-0.15, -0.1) is 24.8 Å². The van der Waals surface area contributed by atoms with E-state index in [4.69, 9.17) is 0 Å². The van der Waals surface area contributed by atoms with Crippen LogP contribution in [-0.2, 0) is 0 Å². The van der Waals surface area contributed by atoms with Crippen molar-refractivity contribution in [1.29, 1.82) is 0 Å². The Kier molecular flexibility index (Phi) is 8.81. The molecule has 3 nitrogen and oxygen atoms in total. The third-order valence-corrected chi connectivity index (χ3v) is 4.25. The molecule has 2 saturated heterocycles. The zero-order valence-electron chi connectivity index (χ0n) is 11.4. The van der Waals surface area contributed by atoms with E-state index in [0.29, 0.717) is 0 Å². The fourth-order valence-corrected chi connectivity index (χ4v) is 3.24. The topological polar surface area (TPSA) is 35.5 Å². The van der Waals surface area contributed by atoms with E-state index in [-0.39, 0.29) is 30.4 Å².